The van der Waals surface area contributed by atoms with E-state index in [9.17, 15) is 9.59 Å². The molecule has 1 aliphatic heterocycles. The van der Waals surface area contributed by atoms with E-state index in [2.05, 4.69) is 5.32 Å². The van der Waals surface area contributed by atoms with Crippen molar-refractivity contribution < 1.29 is 9.59 Å². The molecule has 1 unspecified atom stereocenters. The van der Waals surface area contributed by atoms with Crippen LogP contribution in [0.1, 0.15) is 6.92 Å². The number of carbonyl (C=O) groups excluding carboxylic acids is 2. The van der Waals surface area contributed by atoms with Crippen LogP contribution in [0.2, 0.25) is 0 Å². The van der Waals surface area contributed by atoms with Crippen LogP contribution in [0.15, 0.2) is 5.70 Å². The molecule has 0 bridgehead atoms. The molecule has 4 heteroatoms. The lowest BCUT2D eigenvalue weighted by molar-refractivity contribution is 0.263. The lowest BCUT2D eigenvalue weighted by Crippen LogP contribution is -2.11. The summed E-state index contributed by atoms with van der Waals surface area (Å²) in [7, 11) is 0. The van der Waals surface area contributed by atoms with Crippen molar-refractivity contribution in [1.29, 1.82) is 0 Å². The molecule has 1 N–H and O–H groups in total. The van der Waals surface area contributed by atoms with Crippen LogP contribution in [0.4, 0.5) is 4.79 Å². The molecule has 3 nitrogen and oxygen atoms in total. The Kier molecular flexibility index (Phi) is 1.60. The number of thioether (sulfide) groups is 1. The van der Waals surface area contributed by atoms with Gasteiger partial charge in [-0.2, -0.15) is 0 Å². The molecule has 1 atom stereocenters. The van der Waals surface area contributed by atoms with Crippen molar-refractivity contribution in [3.63, 3.8) is 0 Å². The maximum absolute atomic E-state index is 10.5. The number of hydrogen-bond acceptors (Lipinski definition) is 3. The van der Waals surface area contributed by atoms with E-state index in [-0.39, 0.29) is 10.5 Å². The van der Waals surface area contributed by atoms with Crippen LogP contribution in [0.25, 0.3) is 0 Å². The second-order valence-corrected chi connectivity index (χ2v) is 3.00. The van der Waals surface area contributed by atoms with E-state index in [4.69, 9.17) is 0 Å². The van der Waals surface area contributed by atoms with Crippen LogP contribution in [-0.2, 0) is 4.79 Å². The van der Waals surface area contributed by atoms with Gasteiger partial charge in [-0.15, -0.1) is 0 Å². The molecule has 0 aliphatic carbocycles. The van der Waals surface area contributed by atoms with Crippen LogP contribution >= 0.6 is 11.8 Å². The molecule has 0 saturated carbocycles. The second-order valence-electron chi connectivity index (χ2n) is 1.69. The summed E-state index contributed by atoms with van der Waals surface area (Å²) in [5.74, 6) is 1.66. The van der Waals surface area contributed by atoms with Crippen molar-refractivity contribution in [2.24, 2.45) is 0 Å². The highest BCUT2D eigenvalue weighted by atomic mass is 32.2. The van der Waals surface area contributed by atoms with Crippen LogP contribution < -0.4 is 5.32 Å². The summed E-state index contributed by atoms with van der Waals surface area (Å²) in [4.78, 5) is 20.4. The monoisotopic (exact) mass is 143 g/mol. The summed E-state index contributed by atoms with van der Waals surface area (Å²) in [6.07, 6.45) is 0. The van der Waals surface area contributed by atoms with Crippen molar-refractivity contribution in [1.82, 2.24) is 5.32 Å². The molecular formula is C5H5NO2S. The van der Waals surface area contributed by atoms with Gasteiger partial charge in [0.2, 0.25) is 0 Å². The predicted octanol–water partition coefficient (Wildman–Crippen LogP) is 0.547. The zero-order valence-electron chi connectivity index (χ0n) is 4.80. The van der Waals surface area contributed by atoms with Gasteiger partial charge in [0, 0.05) is 0 Å². The average Bonchev–Trinajstić information content (AvgIpc) is 2.10. The third-order valence-electron chi connectivity index (χ3n) is 1.04. The van der Waals surface area contributed by atoms with Gasteiger partial charge >= 0.3 is 0 Å². The van der Waals surface area contributed by atoms with Gasteiger partial charge in [0.1, 0.15) is 11.6 Å². The Bertz CT molecular complexity index is 195. The molecule has 0 aromatic heterocycles. The molecule has 0 aromatic carbocycles. The number of rotatable bonds is 0. The van der Waals surface area contributed by atoms with Gasteiger partial charge in [-0.25, -0.2) is 4.79 Å². The maximum atomic E-state index is 10.5. The largest absolute Gasteiger partial charge is 0.310 e. The zero-order valence-corrected chi connectivity index (χ0v) is 5.62. The quantitative estimate of drug-likeness (QED) is 0.503. The van der Waals surface area contributed by atoms with E-state index in [0.717, 1.165) is 11.8 Å². The third-order valence-corrected chi connectivity index (χ3v) is 1.94. The maximum Gasteiger partial charge on any atom is 0.284 e. The topological polar surface area (TPSA) is 46.2 Å². The van der Waals surface area contributed by atoms with E-state index >= 15 is 0 Å². The predicted molar refractivity (Wildman–Crippen MR) is 34.8 cm³/mol. The van der Waals surface area contributed by atoms with Crippen molar-refractivity contribution >= 4 is 22.9 Å². The molecule has 1 saturated heterocycles. The fraction of sp³-hybridized carbons (Fsp3) is 0.400. The van der Waals surface area contributed by atoms with Crippen LogP contribution in [0.3, 0.4) is 0 Å². The molecule has 48 valence electrons. The molecule has 1 aliphatic rings. The molecule has 1 amide bonds. The van der Waals surface area contributed by atoms with E-state index < -0.39 is 0 Å². The fourth-order valence-electron chi connectivity index (χ4n) is 0.569. The normalized spacial score (nSPS) is 25.7. The van der Waals surface area contributed by atoms with Crippen molar-refractivity contribution in [3.8, 4) is 0 Å². The number of hydrogen-bond donors (Lipinski definition) is 1. The molecule has 1 fully saturated rings. The Balaban J connectivity index is 2.81. The highest BCUT2D eigenvalue weighted by Crippen LogP contribution is 2.22. The standard InChI is InChI=1S/C5H5NO2S/c1-3-4(2-7)6-5(8)9-3/h3H,1H3,(H,6,8). The van der Waals surface area contributed by atoms with Crippen molar-refractivity contribution in [2.45, 2.75) is 12.2 Å². The first-order chi connectivity index (χ1) is 4.24. The second kappa shape index (κ2) is 2.25. The van der Waals surface area contributed by atoms with E-state index in [1.165, 1.54) is 0 Å². The Labute approximate surface area is 56.5 Å². The molecule has 9 heavy (non-hydrogen) atoms. The average molecular weight is 143 g/mol. The minimum absolute atomic E-state index is 0.0463. The van der Waals surface area contributed by atoms with Crippen LogP contribution in [0, 0.1) is 0 Å². The third kappa shape index (κ3) is 1.15. The summed E-state index contributed by atoms with van der Waals surface area (Å²) in [6.45, 7) is 1.78. The molecule has 0 spiro atoms. The Hall–Kier alpha value is -0.730. The molecule has 1 heterocycles. The molecule has 0 radical (unpaired) electrons. The first-order valence-electron chi connectivity index (χ1n) is 2.46. The first-order valence-corrected chi connectivity index (χ1v) is 3.34. The molecular weight excluding hydrogens is 138 g/mol. The van der Waals surface area contributed by atoms with Gasteiger partial charge in [-0.3, -0.25) is 4.79 Å². The van der Waals surface area contributed by atoms with Gasteiger partial charge in [-0.05, 0) is 6.92 Å². The van der Waals surface area contributed by atoms with Gasteiger partial charge in [0.05, 0.1) is 5.25 Å². The highest BCUT2D eigenvalue weighted by molar-refractivity contribution is 8.14. The van der Waals surface area contributed by atoms with E-state index in [1.54, 1.807) is 12.9 Å². The minimum Gasteiger partial charge on any atom is -0.310 e. The van der Waals surface area contributed by atoms with Gasteiger partial charge in [-0.1, -0.05) is 11.8 Å². The Morgan fingerprint density at radius 1 is 1.78 bits per heavy atom. The SMILES string of the molecule is CC1SC(=O)NC1=C=O. The highest BCUT2D eigenvalue weighted by Gasteiger charge is 2.24. The summed E-state index contributed by atoms with van der Waals surface area (Å²) < 4.78 is 0. The lowest BCUT2D eigenvalue weighted by Gasteiger charge is -1.91. The van der Waals surface area contributed by atoms with Crippen molar-refractivity contribution in [3.05, 3.63) is 5.70 Å². The van der Waals surface area contributed by atoms with Gasteiger partial charge in [0.25, 0.3) is 5.24 Å². The van der Waals surface area contributed by atoms with Crippen molar-refractivity contribution in [2.75, 3.05) is 0 Å². The summed E-state index contributed by atoms with van der Waals surface area (Å²) in [6, 6.07) is 0. The van der Waals surface area contributed by atoms with E-state index in [0.29, 0.717) is 5.70 Å². The Morgan fingerprint density at radius 2 is 2.44 bits per heavy atom. The molecule has 0 aromatic rings. The number of nitrogens with one attached hydrogen (secondary N) is 1. The van der Waals surface area contributed by atoms with E-state index in [1.807, 2.05) is 0 Å². The number of amides is 1. The Morgan fingerprint density at radius 3 is 2.67 bits per heavy atom. The first kappa shape index (κ1) is 6.39. The number of carbonyl (C=O) groups is 1. The summed E-state index contributed by atoms with van der Waals surface area (Å²) >= 11 is 1.10. The fourth-order valence-corrected chi connectivity index (χ4v) is 1.28. The zero-order chi connectivity index (χ0) is 6.85. The van der Waals surface area contributed by atoms with Gasteiger partial charge in [0.15, 0.2) is 0 Å². The lowest BCUT2D eigenvalue weighted by atomic mass is 10.4. The minimum atomic E-state index is -0.166. The van der Waals surface area contributed by atoms with Gasteiger partial charge < -0.3 is 5.32 Å². The van der Waals surface area contributed by atoms with Crippen LogP contribution in [-0.4, -0.2) is 16.4 Å². The smallest absolute Gasteiger partial charge is 0.284 e. The summed E-state index contributed by atoms with van der Waals surface area (Å²) in [5.41, 5.74) is 0.352. The summed E-state index contributed by atoms with van der Waals surface area (Å²) in [5, 5.41) is 2.16. The molecule has 1 rings (SSSR count). The van der Waals surface area contributed by atoms with Crippen LogP contribution in [0.5, 0.6) is 0 Å².